The molecule has 1 amide bonds. The molecule has 1 aliphatic rings. The van der Waals surface area contributed by atoms with Gasteiger partial charge in [-0.15, -0.1) is 0 Å². The second-order valence-corrected chi connectivity index (χ2v) is 7.81. The summed E-state index contributed by atoms with van der Waals surface area (Å²) in [6.07, 6.45) is 2.01. The molecule has 1 unspecified atom stereocenters. The summed E-state index contributed by atoms with van der Waals surface area (Å²) in [5, 5.41) is 13.5. The summed E-state index contributed by atoms with van der Waals surface area (Å²) in [5.74, 6) is -0.0912. The van der Waals surface area contributed by atoms with Gasteiger partial charge in [0.25, 0.3) is 5.69 Å². The molecule has 132 valence electrons. The predicted molar refractivity (Wildman–Crippen MR) is 86.6 cm³/mol. The van der Waals surface area contributed by atoms with E-state index in [1.54, 1.807) is 0 Å². The number of rotatable bonds is 8. The van der Waals surface area contributed by atoms with E-state index in [1.165, 1.54) is 25.2 Å². The van der Waals surface area contributed by atoms with E-state index in [9.17, 15) is 23.3 Å². The van der Waals surface area contributed by atoms with Gasteiger partial charge in [0.1, 0.15) is 0 Å². The molecule has 3 N–H and O–H groups in total. The van der Waals surface area contributed by atoms with E-state index in [2.05, 4.69) is 5.32 Å². The Kier molecular flexibility index (Phi) is 5.52. The van der Waals surface area contributed by atoms with Crippen LogP contribution >= 0.6 is 0 Å². The van der Waals surface area contributed by atoms with Crippen molar-refractivity contribution in [2.75, 3.05) is 20.1 Å². The highest BCUT2D eigenvalue weighted by Gasteiger charge is 2.32. The van der Waals surface area contributed by atoms with E-state index in [4.69, 9.17) is 5.73 Å². The maximum atomic E-state index is 12.4. The Hall–Kier alpha value is -2.04. The van der Waals surface area contributed by atoms with Gasteiger partial charge < -0.3 is 11.1 Å². The fraction of sp³-hybridized carbons (Fsp3) is 0.500. The van der Waals surface area contributed by atoms with E-state index >= 15 is 0 Å². The van der Waals surface area contributed by atoms with Crippen molar-refractivity contribution >= 4 is 21.6 Å². The Balaban J connectivity index is 2.06. The van der Waals surface area contributed by atoms with E-state index in [1.807, 2.05) is 0 Å². The number of non-ortho nitro benzene ring substituents is 1. The number of sulfonamides is 1. The Morgan fingerprint density at radius 1 is 1.50 bits per heavy atom. The number of nitro benzene ring substituents is 1. The number of benzene rings is 1. The number of carbonyl (C=O) groups excluding carboxylic acids is 1. The molecule has 10 heteroatoms. The second-order valence-electron chi connectivity index (χ2n) is 5.76. The lowest BCUT2D eigenvalue weighted by Gasteiger charge is -2.20. The van der Waals surface area contributed by atoms with Crippen LogP contribution in [-0.4, -0.2) is 49.7 Å². The molecule has 24 heavy (non-hydrogen) atoms. The number of likely N-dealkylation sites (N-methyl/N-ethyl adjacent to an activating group) is 1. The number of carbonyl (C=O) groups is 1. The van der Waals surface area contributed by atoms with Gasteiger partial charge >= 0.3 is 0 Å². The first-order valence-electron chi connectivity index (χ1n) is 7.46. The first-order valence-corrected chi connectivity index (χ1v) is 8.90. The molecule has 1 fully saturated rings. The maximum absolute atomic E-state index is 12.4. The van der Waals surface area contributed by atoms with Crippen molar-refractivity contribution < 1.29 is 18.1 Å². The standard InChI is InChI=1S/C14H20N4O5S/c1-17(9-14(19)16-13(8-15)10-5-6-10)24(22,23)12-4-2-3-11(7-12)18(20)21/h2-4,7,10,13H,5-6,8-9,15H2,1H3,(H,16,19). The largest absolute Gasteiger partial charge is 0.351 e. The van der Waals surface area contributed by atoms with Crippen molar-refractivity contribution in [2.45, 2.75) is 23.8 Å². The zero-order chi connectivity index (χ0) is 17.9. The normalized spacial score (nSPS) is 16.0. The molecule has 1 aromatic rings. The predicted octanol–water partition coefficient (Wildman–Crippen LogP) is 0.0688. The molecular formula is C14H20N4O5S. The average molecular weight is 356 g/mol. The smallest absolute Gasteiger partial charge is 0.270 e. The molecule has 1 aliphatic carbocycles. The Morgan fingerprint density at radius 3 is 2.71 bits per heavy atom. The molecule has 0 radical (unpaired) electrons. The van der Waals surface area contributed by atoms with Crippen LogP contribution in [0.4, 0.5) is 5.69 Å². The van der Waals surface area contributed by atoms with Crippen LogP contribution in [0.1, 0.15) is 12.8 Å². The van der Waals surface area contributed by atoms with E-state index in [0.29, 0.717) is 12.5 Å². The fourth-order valence-electron chi connectivity index (χ4n) is 2.34. The number of hydrogen-bond donors (Lipinski definition) is 2. The Labute approximate surface area is 140 Å². The van der Waals surface area contributed by atoms with Gasteiger partial charge in [0.05, 0.1) is 16.4 Å². The van der Waals surface area contributed by atoms with Gasteiger partial charge in [-0.25, -0.2) is 8.42 Å². The molecule has 0 heterocycles. The molecule has 9 nitrogen and oxygen atoms in total. The zero-order valence-corrected chi connectivity index (χ0v) is 14.0. The second kappa shape index (κ2) is 7.24. The van der Waals surface area contributed by atoms with Crippen molar-refractivity contribution in [1.82, 2.24) is 9.62 Å². The van der Waals surface area contributed by atoms with Crippen LogP contribution in [0.3, 0.4) is 0 Å². The maximum Gasteiger partial charge on any atom is 0.270 e. The van der Waals surface area contributed by atoms with E-state index in [0.717, 1.165) is 23.2 Å². The molecule has 1 saturated carbocycles. The molecule has 0 bridgehead atoms. The van der Waals surface area contributed by atoms with Crippen LogP contribution < -0.4 is 11.1 Å². The third-order valence-electron chi connectivity index (χ3n) is 3.89. The highest BCUT2D eigenvalue weighted by molar-refractivity contribution is 7.89. The highest BCUT2D eigenvalue weighted by atomic mass is 32.2. The van der Waals surface area contributed by atoms with Crippen molar-refractivity contribution in [3.63, 3.8) is 0 Å². The third-order valence-corrected chi connectivity index (χ3v) is 5.69. The first kappa shape index (κ1) is 18.3. The molecular weight excluding hydrogens is 336 g/mol. The molecule has 1 atom stereocenters. The summed E-state index contributed by atoms with van der Waals surface area (Å²) in [6, 6.07) is 4.57. The number of amides is 1. The van der Waals surface area contributed by atoms with Crippen LogP contribution in [0.25, 0.3) is 0 Å². The number of hydrogen-bond acceptors (Lipinski definition) is 6. The zero-order valence-electron chi connectivity index (χ0n) is 13.2. The fourth-order valence-corrected chi connectivity index (χ4v) is 3.51. The van der Waals surface area contributed by atoms with Gasteiger partial charge in [0, 0.05) is 31.8 Å². The Morgan fingerprint density at radius 2 is 2.17 bits per heavy atom. The summed E-state index contributed by atoms with van der Waals surface area (Å²) < 4.78 is 25.7. The lowest BCUT2D eigenvalue weighted by Crippen LogP contribution is -2.46. The number of nitrogens with one attached hydrogen (secondary N) is 1. The number of nitrogens with zero attached hydrogens (tertiary/aromatic N) is 2. The summed E-state index contributed by atoms with van der Waals surface area (Å²) >= 11 is 0. The molecule has 0 aliphatic heterocycles. The molecule has 1 aromatic carbocycles. The van der Waals surface area contributed by atoms with Gasteiger partial charge in [0.2, 0.25) is 15.9 Å². The topological polar surface area (TPSA) is 136 Å². The SMILES string of the molecule is CN(CC(=O)NC(CN)C1CC1)S(=O)(=O)c1cccc([N+](=O)[O-])c1. The summed E-state index contributed by atoms with van der Waals surface area (Å²) in [6.45, 7) is -0.0774. The summed E-state index contributed by atoms with van der Waals surface area (Å²) in [7, 11) is -2.75. The van der Waals surface area contributed by atoms with Gasteiger partial charge in [-0.1, -0.05) is 6.07 Å². The Bertz CT molecular complexity index is 732. The van der Waals surface area contributed by atoms with Crippen LogP contribution in [0.15, 0.2) is 29.2 Å². The minimum Gasteiger partial charge on any atom is -0.351 e. The summed E-state index contributed by atoms with van der Waals surface area (Å²) in [4.78, 5) is 21.9. The minimum atomic E-state index is -4.00. The van der Waals surface area contributed by atoms with Crippen LogP contribution in [0.5, 0.6) is 0 Å². The third kappa shape index (κ3) is 4.28. The van der Waals surface area contributed by atoms with Gasteiger partial charge in [-0.3, -0.25) is 14.9 Å². The first-order chi connectivity index (χ1) is 11.3. The van der Waals surface area contributed by atoms with Crippen molar-refractivity contribution in [2.24, 2.45) is 11.7 Å². The quantitative estimate of drug-likeness (QED) is 0.500. The van der Waals surface area contributed by atoms with Crippen molar-refractivity contribution in [3.05, 3.63) is 34.4 Å². The molecule has 0 saturated heterocycles. The van der Waals surface area contributed by atoms with Gasteiger partial charge in [-0.2, -0.15) is 4.31 Å². The number of nitro groups is 1. The lowest BCUT2D eigenvalue weighted by molar-refractivity contribution is -0.385. The monoisotopic (exact) mass is 356 g/mol. The van der Waals surface area contributed by atoms with Gasteiger partial charge in [0.15, 0.2) is 0 Å². The van der Waals surface area contributed by atoms with E-state index < -0.39 is 20.9 Å². The van der Waals surface area contributed by atoms with Crippen LogP contribution in [0, 0.1) is 16.0 Å². The summed E-state index contributed by atoms with van der Waals surface area (Å²) in [5.41, 5.74) is 5.28. The van der Waals surface area contributed by atoms with Crippen molar-refractivity contribution in [1.29, 1.82) is 0 Å². The molecule has 0 aromatic heterocycles. The van der Waals surface area contributed by atoms with Crippen molar-refractivity contribution in [3.8, 4) is 0 Å². The average Bonchev–Trinajstić information content (AvgIpc) is 3.37. The molecule has 0 spiro atoms. The number of nitrogens with two attached hydrogens (primary N) is 1. The highest BCUT2D eigenvalue weighted by Crippen LogP contribution is 2.32. The molecule has 2 rings (SSSR count). The van der Waals surface area contributed by atoms with Crippen LogP contribution in [-0.2, 0) is 14.8 Å². The van der Waals surface area contributed by atoms with Gasteiger partial charge in [-0.05, 0) is 24.8 Å². The van der Waals surface area contributed by atoms with Crippen LogP contribution in [0.2, 0.25) is 0 Å². The lowest BCUT2D eigenvalue weighted by atomic mass is 10.2. The van der Waals surface area contributed by atoms with E-state index in [-0.39, 0.29) is 23.2 Å². The minimum absolute atomic E-state index is 0.147.